The van der Waals surface area contributed by atoms with E-state index < -0.39 is 0 Å². The number of amides is 1. The molecule has 0 saturated heterocycles. The topological polar surface area (TPSA) is 41.5 Å². The Morgan fingerprint density at radius 1 is 1.00 bits per heavy atom. The molecule has 0 heterocycles. The van der Waals surface area contributed by atoms with Crippen LogP contribution in [0.15, 0.2) is 58.1 Å². The molecule has 1 amide bonds. The lowest BCUT2D eigenvalue weighted by molar-refractivity contribution is -0.122. The molecule has 3 nitrogen and oxygen atoms in total. The number of halogens is 1. The number of nitrogens with zero attached hydrogens (tertiary/aromatic N) is 1. The number of carbonyl (C=O) groups is 1. The molecular formula is C21H25BrN2O. The zero-order valence-corrected chi connectivity index (χ0v) is 16.0. The molecule has 0 radical (unpaired) electrons. The second-order valence-corrected chi connectivity index (χ2v) is 7.64. The maximum atomic E-state index is 12.5. The summed E-state index contributed by atoms with van der Waals surface area (Å²) in [6.07, 6.45) is 17.4. The summed E-state index contributed by atoms with van der Waals surface area (Å²) in [6.45, 7) is 0. The Labute approximate surface area is 158 Å². The first kappa shape index (κ1) is 18.1. The average molecular weight is 401 g/mol. The summed E-state index contributed by atoms with van der Waals surface area (Å²) in [5, 5.41) is 4.15. The van der Waals surface area contributed by atoms with E-state index in [0.717, 1.165) is 48.6 Å². The second-order valence-electron chi connectivity index (χ2n) is 6.78. The Hall–Kier alpha value is -1.68. The van der Waals surface area contributed by atoms with Crippen LogP contribution in [-0.4, -0.2) is 12.1 Å². The van der Waals surface area contributed by atoms with Crippen LogP contribution in [0.2, 0.25) is 0 Å². The average Bonchev–Trinajstić information content (AvgIpc) is 3.29. The van der Waals surface area contributed by atoms with Crippen LogP contribution in [0.5, 0.6) is 0 Å². The first-order chi connectivity index (χ1) is 12.3. The van der Waals surface area contributed by atoms with Gasteiger partial charge in [0.25, 0.3) is 0 Å². The SMILES string of the molecule is O=C(N/N=C\c1ccccc1Br)C1[C@H]2CC/C=C\CC/C=C\CC[C@@H]12. The van der Waals surface area contributed by atoms with E-state index in [-0.39, 0.29) is 11.8 Å². The first-order valence-electron chi connectivity index (χ1n) is 9.15. The molecule has 1 saturated carbocycles. The minimum atomic E-state index is 0.0705. The highest BCUT2D eigenvalue weighted by Crippen LogP contribution is 2.52. The molecule has 1 aromatic carbocycles. The number of hydrogen-bond acceptors (Lipinski definition) is 2. The summed E-state index contributed by atoms with van der Waals surface area (Å²) in [4.78, 5) is 12.5. The third kappa shape index (κ3) is 5.15. The van der Waals surface area contributed by atoms with Gasteiger partial charge in [0.15, 0.2) is 0 Å². The fourth-order valence-electron chi connectivity index (χ4n) is 3.68. The van der Waals surface area contributed by atoms with Crippen LogP contribution >= 0.6 is 15.9 Å². The van der Waals surface area contributed by atoms with E-state index >= 15 is 0 Å². The number of fused-ring (bicyclic) bond motifs is 1. The van der Waals surface area contributed by atoms with Gasteiger partial charge >= 0.3 is 0 Å². The van der Waals surface area contributed by atoms with Crippen molar-refractivity contribution in [3.05, 3.63) is 58.6 Å². The van der Waals surface area contributed by atoms with E-state index in [1.54, 1.807) is 6.21 Å². The van der Waals surface area contributed by atoms with Crippen LogP contribution in [0.1, 0.15) is 44.1 Å². The fraction of sp³-hybridized carbons (Fsp3) is 0.429. The minimum absolute atomic E-state index is 0.0705. The number of nitrogens with one attached hydrogen (secondary N) is 1. The van der Waals surface area contributed by atoms with Crippen LogP contribution in [-0.2, 0) is 4.79 Å². The van der Waals surface area contributed by atoms with Crippen molar-refractivity contribution in [2.45, 2.75) is 38.5 Å². The van der Waals surface area contributed by atoms with E-state index in [0.29, 0.717) is 11.8 Å². The smallest absolute Gasteiger partial charge is 0.243 e. The van der Waals surface area contributed by atoms with Crippen LogP contribution in [0, 0.1) is 17.8 Å². The van der Waals surface area contributed by atoms with Gasteiger partial charge in [0, 0.05) is 16.0 Å². The summed E-state index contributed by atoms with van der Waals surface area (Å²) in [7, 11) is 0. The van der Waals surface area contributed by atoms with Crippen LogP contribution in [0.3, 0.4) is 0 Å². The Morgan fingerprint density at radius 3 is 2.24 bits per heavy atom. The normalized spacial score (nSPS) is 29.1. The van der Waals surface area contributed by atoms with Gasteiger partial charge in [-0.15, -0.1) is 0 Å². The zero-order valence-electron chi connectivity index (χ0n) is 14.4. The Kier molecular flexibility index (Phi) is 6.62. The van der Waals surface area contributed by atoms with E-state index in [1.807, 2.05) is 24.3 Å². The standard InChI is InChI=1S/C21H25BrN2O/c22-19-14-10-9-11-16(19)15-23-24-21(25)20-17-12-7-5-3-1-2-4-6-8-13-18(17)20/h3-6,9-11,14-15,17-18,20H,1-2,7-8,12-13H2,(H,24,25)/b5-3-,6-4-,23-15-/t17-,18+,20?. The molecule has 1 fully saturated rings. The van der Waals surface area contributed by atoms with Crippen molar-refractivity contribution in [1.29, 1.82) is 0 Å². The highest BCUT2D eigenvalue weighted by molar-refractivity contribution is 9.10. The van der Waals surface area contributed by atoms with Gasteiger partial charge in [-0.05, 0) is 56.4 Å². The molecule has 4 heteroatoms. The number of benzene rings is 1. The van der Waals surface area contributed by atoms with Crippen LogP contribution in [0.4, 0.5) is 0 Å². The zero-order chi connectivity index (χ0) is 17.5. The second kappa shape index (κ2) is 9.14. The summed E-state index contributed by atoms with van der Waals surface area (Å²) >= 11 is 3.48. The Balaban J connectivity index is 1.55. The molecular weight excluding hydrogens is 376 g/mol. The molecule has 132 valence electrons. The van der Waals surface area contributed by atoms with Gasteiger partial charge in [0.2, 0.25) is 5.91 Å². The summed E-state index contributed by atoms with van der Waals surface area (Å²) in [5.41, 5.74) is 3.71. The monoisotopic (exact) mass is 400 g/mol. The molecule has 0 bridgehead atoms. The van der Waals surface area contributed by atoms with Crippen molar-refractivity contribution in [1.82, 2.24) is 5.43 Å². The predicted molar refractivity (Wildman–Crippen MR) is 106 cm³/mol. The summed E-state index contributed by atoms with van der Waals surface area (Å²) < 4.78 is 0.972. The molecule has 3 atom stereocenters. The predicted octanol–water partition coefficient (Wildman–Crippen LogP) is 5.23. The van der Waals surface area contributed by atoms with E-state index in [2.05, 4.69) is 50.8 Å². The molecule has 0 aliphatic heterocycles. The molecule has 1 aromatic rings. The number of hydrogen-bond donors (Lipinski definition) is 1. The van der Waals surface area contributed by atoms with E-state index in [4.69, 9.17) is 0 Å². The number of allylic oxidation sites excluding steroid dienone is 4. The van der Waals surface area contributed by atoms with Crippen molar-refractivity contribution in [2.75, 3.05) is 0 Å². The quantitative estimate of drug-likeness (QED) is 0.421. The van der Waals surface area contributed by atoms with Crippen molar-refractivity contribution in [2.24, 2.45) is 22.9 Å². The molecule has 0 aromatic heterocycles. The minimum Gasteiger partial charge on any atom is -0.273 e. The lowest BCUT2D eigenvalue weighted by Crippen LogP contribution is -2.21. The van der Waals surface area contributed by atoms with Gasteiger partial charge in [-0.25, -0.2) is 5.43 Å². The first-order valence-corrected chi connectivity index (χ1v) is 9.94. The fourth-order valence-corrected chi connectivity index (χ4v) is 4.07. The number of hydrazone groups is 1. The summed E-state index contributed by atoms with van der Waals surface area (Å²) in [6, 6.07) is 7.83. The van der Waals surface area contributed by atoms with Gasteiger partial charge < -0.3 is 0 Å². The lowest BCUT2D eigenvalue weighted by Gasteiger charge is -2.00. The number of rotatable bonds is 3. The lowest BCUT2D eigenvalue weighted by atomic mass is 10.1. The van der Waals surface area contributed by atoms with Crippen LogP contribution < -0.4 is 5.43 Å². The van der Waals surface area contributed by atoms with Crippen LogP contribution in [0.25, 0.3) is 0 Å². The van der Waals surface area contributed by atoms with Crippen molar-refractivity contribution >= 4 is 28.1 Å². The third-order valence-electron chi connectivity index (χ3n) is 5.08. The van der Waals surface area contributed by atoms with Gasteiger partial charge in [-0.3, -0.25) is 4.79 Å². The van der Waals surface area contributed by atoms with Gasteiger partial charge in [-0.2, -0.15) is 5.10 Å². The molecule has 0 spiro atoms. The molecule has 25 heavy (non-hydrogen) atoms. The Bertz CT molecular complexity index is 656. The van der Waals surface area contributed by atoms with Crippen molar-refractivity contribution < 1.29 is 4.79 Å². The van der Waals surface area contributed by atoms with E-state index in [1.165, 1.54) is 0 Å². The summed E-state index contributed by atoms with van der Waals surface area (Å²) in [5.74, 6) is 1.22. The van der Waals surface area contributed by atoms with Gasteiger partial charge in [0.05, 0.1) is 6.21 Å². The molecule has 3 rings (SSSR count). The van der Waals surface area contributed by atoms with Gasteiger partial charge in [-0.1, -0.05) is 58.4 Å². The molecule has 2 aliphatic carbocycles. The third-order valence-corrected chi connectivity index (χ3v) is 5.81. The Morgan fingerprint density at radius 2 is 1.60 bits per heavy atom. The number of carbonyl (C=O) groups excluding carboxylic acids is 1. The highest BCUT2D eigenvalue weighted by atomic mass is 79.9. The molecule has 1 unspecified atom stereocenters. The van der Waals surface area contributed by atoms with Gasteiger partial charge in [0.1, 0.15) is 0 Å². The molecule has 2 aliphatic rings. The maximum absolute atomic E-state index is 12.5. The largest absolute Gasteiger partial charge is 0.273 e. The highest BCUT2D eigenvalue weighted by Gasteiger charge is 2.52. The van der Waals surface area contributed by atoms with Crippen molar-refractivity contribution in [3.8, 4) is 0 Å². The molecule has 1 N–H and O–H groups in total. The van der Waals surface area contributed by atoms with E-state index in [9.17, 15) is 4.79 Å². The van der Waals surface area contributed by atoms with Crippen molar-refractivity contribution in [3.63, 3.8) is 0 Å². The maximum Gasteiger partial charge on any atom is 0.243 e.